The maximum atomic E-state index is 11.1. The molecular formula is C15H12ClN3O2. The average Bonchev–Trinajstić information content (AvgIpc) is 2.49. The van der Waals surface area contributed by atoms with Crippen molar-refractivity contribution in [1.82, 2.24) is 0 Å². The molecule has 0 saturated carbocycles. The second-order valence-corrected chi connectivity index (χ2v) is 4.98. The Kier molecular flexibility index (Phi) is 4.41. The molecule has 0 radical (unpaired) electrons. The predicted octanol–water partition coefficient (Wildman–Crippen LogP) is 3.76. The molecule has 0 unspecified atom stereocenters. The Morgan fingerprint density at radius 2 is 1.95 bits per heavy atom. The fourth-order valence-corrected chi connectivity index (χ4v) is 2.14. The minimum absolute atomic E-state index is 0.00277. The number of benzene rings is 2. The highest BCUT2D eigenvalue weighted by Crippen LogP contribution is 2.26. The lowest BCUT2D eigenvalue weighted by Gasteiger charge is -2.19. The van der Waals surface area contributed by atoms with Crippen molar-refractivity contribution in [3.63, 3.8) is 0 Å². The third kappa shape index (κ3) is 3.50. The number of halogens is 1. The van der Waals surface area contributed by atoms with Gasteiger partial charge in [-0.2, -0.15) is 5.26 Å². The first-order chi connectivity index (χ1) is 10.0. The normalized spacial score (nSPS) is 9.95. The van der Waals surface area contributed by atoms with Crippen LogP contribution in [0.5, 0.6) is 0 Å². The topological polar surface area (TPSA) is 70.2 Å². The second-order valence-electron chi connectivity index (χ2n) is 4.54. The van der Waals surface area contributed by atoms with E-state index in [0.29, 0.717) is 22.7 Å². The van der Waals surface area contributed by atoms with Gasteiger partial charge in [-0.05, 0) is 36.4 Å². The van der Waals surface area contributed by atoms with Gasteiger partial charge in [0.2, 0.25) is 0 Å². The highest BCUT2D eigenvalue weighted by molar-refractivity contribution is 6.30. The molecule has 21 heavy (non-hydrogen) atoms. The van der Waals surface area contributed by atoms with Crippen LogP contribution in [0.25, 0.3) is 0 Å². The highest BCUT2D eigenvalue weighted by atomic mass is 35.5. The van der Waals surface area contributed by atoms with Crippen LogP contribution in [0.2, 0.25) is 5.02 Å². The quantitative estimate of drug-likeness (QED) is 0.637. The third-order valence-electron chi connectivity index (χ3n) is 3.09. The molecule has 0 saturated heterocycles. The number of hydrogen-bond acceptors (Lipinski definition) is 4. The van der Waals surface area contributed by atoms with Gasteiger partial charge in [-0.1, -0.05) is 11.6 Å². The molecule has 0 aliphatic heterocycles. The van der Waals surface area contributed by atoms with E-state index in [2.05, 4.69) is 6.07 Å². The van der Waals surface area contributed by atoms with E-state index in [1.807, 2.05) is 11.9 Å². The van der Waals surface area contributed by atoms with Gasteiger partial charge in [0.1, 0.15) is 0 Å². The first kappa shape index (κ1) is 14.8. The zero-order chi connectivity index (χ0) is 15.4. The van der Waals surface area contributed by atoms with Crippen LogP contribution in [0, 0.1) is 21.4 Å². The molecule has 0 aliphatic carbocycles. The molecular weight excluding hydrogens is 290 g/mol. The van der Waals surface area contributed by atoms with Crippen LogP contribution < -0.4 is 4.90 Å². The van der Waals surface area contributed by atoms with Crippen molar-refractivity contribution in [2.45, 2.75) is 6.54 Å². The maximum absolute atomic E-state index is 11.1. The lowest BCUT2D eigenvalue weighted by atomic mass is 10.1. The van der Waals surface area contributed by atoms with Crippen molar-refractivity contribution < 1.29 is 4.92 Å². The standard InChI is InChI=1S/C15H12ClN3O2/c1-18(14-6-2-11(9-17)3-7-14)10-12-4-5-13(16)8-15(12)19(20)21/h2-8H,10H2,1H3. The summed E-state index contributed by atoms with van der Waals surface area (Å²) in [5, 5.41) is 20.2. The number of anilines is 1. The van der Waals surface area contributed by atoms with E-state index in [1.54, 1.807) is 36.4 Å². The largest absolute Gasteiger partial charge is 0.370 e. The van der Waals surface area contributed by atoms with E-state index in [9.17, 15) is 10.1 Å². The number of nitro groups is 1. The van der Waals surface area contributed by atoms with Crippen LogP contribution in [0.3, 0.4) is 0 Å². The molecule has 0 spiro atoms. The molecule has 2 rings (SSSR count). The van der Waals surface area contributed by atoms with Gasteiger partial charge in [-0.25, -0.2) is 0 Å². The molecule has 0 heterocycles. The smallest absolute Gasteiger partial charge is 0.275 e. The summed E-state index contributed by atoms with van der Waals surface area (Å²) in [5.41, 5.74) is 2.03. The molecule has 0 bridgehead atoms. The Morgan fingerprint density at radius 3 is 2.52 bits per heavy atom. The Morgan fingerprint density at radius 1 is 1.29 bits per heavy atom. The van der Waals surface area contributed by atoms with Gasteiger partial charge in [0.05, 0.1) is 16.6 Å². The fraction of sp³-hybridized carbons (Fsp3) is 0.133. The molecule has 0 aliphatic rings. The zero-order valence-corrected chi connectivity index (χ0v) is 12.0. The van der Waals surface area contributed by atoms with Crippen molar-refractivity contribution in [3.8, 4) is 6.07 Å². The molecule has 0 atom stereocenters. The monoisotopic (exact) mass is 301 g/mol. The first-order valence-corrected chi connectivity index (χ1v) is 6.53. The summed E-state index contributed by atoms with van der Waals surface area (Å²) in [5.74, 6) is 0. The van der Waals surface area contributed by atoms with Gasteiger partial charge in [0.25, 0.3) is 5.69 Å². The minimum Gasteiger partial charge on any atom is -0.370 e. The van der Waals surface area contributed by atoms with E-state index in [1.165, 1.54) is 6.07 Å². The summed E-state index contributed by atoms with van der Waals surface area (Å²) in [7, 11) is 1.83. The lowest BCUT2D eigenvalue weighted by Crippen LogP contribution is -2.17. The molecule has 0 aromatic heterocycles. The predicted molar refractivity (Wildman–Crippen MR) is 81.4 cm³/mol. The minimum atomic E-state index is -0.437. The van der Waals surface area contributed by atoms with Crippen molar-refractivity contribution in [1.29, 1.82) is 5.26 Å². The van der Waals surface area contributed by atoms with Crippen LogP contribution in [-0.2, 0) is 6.54 Å². The van der Waals surface area contributed by atoms with Gasteiger partial charge >= 0.3 is 0 Å². The Labute approximate surface area is 127 Å². The number of rotatable bonds is 4. The van der Waals surface area contributed by atoms with E-state index >= 15 is 0 Å². The number of hydrogen-bond donors (Lipinski definition) is 0. The molecule has 0 fully saturated rings. The van der Waals surface area contributed by atoms with Gasteiger partial charge in [0.15, 0.2) is 0 Å². The highest BCUT2D eigenvalue weighted by Gasteiger charge is 2.15. The van der Waals surface area contributed by atoms with E-state index < -0.39 is 4.92 Å². The van der Waals surface area contributed by atoms with Crippen molar-refractivity contribution in [2.75, 3.05) is 11.9 Å². The third-order valence-corrected chi connectivity index (χ3v) is 3.32. The van der Waals surface area contributed by atoms with Crippen LogP contribution in [0.4, 0.5) is 11.4 Å². The summed E-state index contributed by atoms with van der Waals surface area (Å²) < 4.78 is 0. The van der Waals surface area contributed by atoms with Crippen LogP contribution in [0.1, 0.15) is 11.1 Å². The molecule has 0 amide bonds. The molecule has 2 aromatic carbocycles. The van der Waals surface area contributed by atoms with Crippen LogP contribution >= 0.6 is 11.6 Å². The lowest BCUT2D eigenvalue weighted by molar-refractivity contribution is -0.385. The Hall–Kier alpha value is -2.58. The molecule has 106 valence electrons. The van der Waals surface area contributed by atoms with Crippen molar-refractivity contribution in [3.05, 3.63) is 68.7 Å². The SMILES string of the molecule is CN(Cc1ccc(Cl)cc1[N+](=O)[O-])c1ccc(C#N)cc1. The van der Waals surface area contributed by atoms with E-state index in [0.717, 1.165) is 5.69 Å². The van der Waals surface area contributed by atoms with Gasteiger partial charge in [-0.3, -0.25) is 10.1 Å². The van der Waals surface area contributed by atoms with Gasteiger partial charge in [0, 0.05) is 35.9 Å². The first-order valence-electron chi connectivity index (χ1n) is 6.15. The molecule has 6 heteroatoms. The van der Waals surface area contributed by atoms with Crippen molar-refractivity contribution >= 4 is 23.0 Å². The summed E-state index contributed by atoms with van der Waals surface area (Å²) >= 11 is 5.80. The van der Waals surface area contributed by atoms with Gasteiger partial charge in [-0.15, -0.1) is 0 Å². The molecule has 0 N–H and O–H groups in total. The molecule has 2 aromatic rings. The summed E-state index contributed by atoms with van der Waals surface area (Å²) in [6.07, 6.45) is 0. The van der Waals surface area contributed by atoms with E-state index in [-0.39, 0.29) is 5.69 Å². The number of nitriles is 1. The van der Waals surface area contributed by atoms with Crippen LogP contribution in [0.15, 0.2) is 42.5 Å². The fourth-order valence-electron chi connectivity index (χ4n) is 1.98. The Balaban J connectivity index is 2.24. The van der Waals surface area contributed by atoms with Crippen molar-refractivity contribution in [2.24, 2.45) is 0 Å². The number of nitro benzene ring substituents is 1. The average molecular weight is 302 g/mol. The zero-order valence-electron chi connectivity index (χ0n) is 11.3. The van der Waals surface area contributed by atoms with E-state index in [4.69, 9.17) is 16.9 Å². The summed E-state index contributed by atoms with van der Waals surface area (Å²) in [6, 6.07) is 13.7. The Bertz CT molecular complexity index is 708. The summed E-state index contributed by atoms with van der Waals surface area (Å²) in [4.78, 5) is 12.5. The second kappa shape index (κ2) is 6.25. The van der Waals surface area contributed by atoms with Gasteiger partial charge < -0.3 is 4.90 Å². The molecule has 5 nitrogen and oxygen atoms in total. The maximum Gasteiger partial charge on any atom is 0.275 e. The summed E-state index contributed by atoms with van der Waals surface area (Å²) in [6.45, 7) is 0.374. The number of nitrogens with zero attached hydrogens (tertiary/aromatic N) is 3. The van der Waals surface area contributed by atoms with Crippen LogP contribution in [-0.4, -0.2) is 12.0 Å².